The number of nitrogens with zero attached hydrogens (tertiary/aromatic N) is 5. The second-order valence-electron chi connectivity index (χ2n) is 3.89. The standard InChI is InChI=1S/C11H10ClN5OS/c1-3-6-4-7-8(14-10(12)15-9(7)19-6)18-11-13-5-17(2)16-11/h4-5H,3H2,1-2H3. The minimum atomic E-state index is 0.155. The predicted octanol–water partition coefficient (Wildman–Crippen LogP) is 2.83. The van der Waals surface area contributed by atoms with E-state index in [0.717, 1.165) is 16.6 Å². The Balaban J connectivity index is 2.08. The van der Waals surface area contributed by atoms with Gasteiger partial charge in [0.15, 0.2) is 0 Å². The second-order valence-corrected chi connectivity index (χ2v) is 5.34. The number of aromatic nitrogens is 5. The van der Waals surface area contributed by atoms with Gasteiger partial charge < -0.3 is 4.74 Å². The Bertz CT molecular complexity index is 738. The summed E-state index contributed by atoms with van der Waals surface area (Å²) >= 11 is 7.49. The first-order valence-corrected chi connectivity index (χ1v) is 6.84. The second kappa shape index (κ2) is 4.75. The number of hydrogen-bond acceptors (Lipinski definition) is 6. The van der Waals surface area contributed by atoms with Crippen molar-refractivity contribution in [2.75, 3.05) is 0 Å². The van der Waals surface area contributed by atoms with Gasteiger partial charge in [0.1, 0.15) is 11.2 Å². The zero-order valence-electron chi connectivity index (χ0n) is 10.3. The van der Waals surface area contributed by atoms with E-state index in [0.29, 0.717) is 5.88 Å². The van der Waals surface area contributed by atoms with Crippen molar-refractivity contribution in [3.05, 3.63) is 22.6 Å². The number of ether oxygens (including phenoxy) is 1. The lowest BCUT2D eigenvalue weighted by Gasteiger charge is -2.01. The molecule has 0 aliphatic rings. The van der Waals surface area contributed by atoms with Crippen LogP contribution in [0, 0.1) is 0 Å². The van der Waals surface area contributed by atoms with Crippen LogP contribution < -0.4 is 4.74 Å². The van der Waals surface area contributed by atoms with Crippen LogP contribution in [0.5, 0.6) is 11.9 Å². The fourth-order valence-electron chi connectivity index (χ4n) is 1.63. The maximum atomic E-state index is 5.91. The van der Waals surface area contributed by atoms with Crippen molar-refractivity contribution < 1.29 is 4.74 Å². The van der Waals surface area contributed by atoms with Crippen LogP contribution in [0.4, 0.5) is 0 Å². The molecule has 3 aromatic heterocycles. The third kappa shape index (κ3) is 2.39. The average Bonchev–Trinajstić information content (AvgIpc) is 2.95. The molecule has 0 amide bonds. The number of hydrogen-bond donors (Lipinski definition) is 0. The van der Waals surface area contributed by atoms with Crippen LogP contribution in [-0.4, -0.2) is 24.7 Å². The van der Waals surface area contributed by atoms with Gasteiger partial charge in [-0.15, -0.1) is 16.4 Å². The quantitative estimate of drug-likeness (QED) is 0.695. The van der Waals surface area contributed by atoms with Crippen molar-refractivity contribution in [1.29, 1.82) is 0 Å². The summed E-state index contributed by atoms with van der Waals surface area (Å²) < 4.78 is 7.14. The van der Waals surface area contributed by atoms with E-state index in [2.05, 4.69) is 27.0 Å². The van der Waals surface area contributed by atoms with E-state index in [1.807, 2.05) is 6.07 Å². The largest absolute Gasteiger partial charge is 0.403 e. The zero-order valence-corrected chi connectivity index (χ0v) is 11.9. The number of rotatable bonds is 3. The van der Waals surface area contributed by atoms with Crippen molar-refractivity contribution in [1.82, 2.24) is 24.7 Å². The topological polar surface area (TPSA) is 65.7 Å². The summed E-state index contributed by atoms with van der Waals surface area (Å²) in [4.78, 5) is 14.3. The Hall–Kier alpha value is -1.73. The molecule has 19 heavy (non-hydrogen) atoms. The van der Waals surface area contributed by atoms with Gasteiger partial charge in [0, 0.05) is 11.9 Å². The van der Waals surface area contributed by atoms with Crippen LogP contribution in [0.2, 0.25) is 5.28 Å². The number of thiophene rings is 1. The molecule has 3 aromatic rings. The molecule has 0 unspecified atom stereocenters. The van der Waals surface area contributed by atoms with E-state index in [1.54, 1.807) is 29.4 Å². The molecule has 3 heterocycles. The SMILES string of the molecule is CCc1cc2c(Oc3ncn(C)n3)nc(Cl)nc2s1. The molecule has 0 radical (unpaired) electrons. The molecule has 98 valence electrons. The molecule has 0 fully saturated rings. The van der Waals surface area contributed by atoms with Gasteiger partial charge in [-0.3, -0.25) is 4.68 Å². The van der Waals surface area contributed by atoms with Crippen LogP contribution in [0.15, 0.2) is 12.4 Å². The van der Waals surface area contributed by atoms with Gasteiger partial charge in [0.2, 0.25) is 11.2 Å². The summed E-state index contributed by atoms with van der Waals surface area (Å²) in [6.45, 7) is 2.08. The molecule has 0 N–H and O–H groups in total. The van der Waals surface area contributed by atoms with Gasteiger partial charge in [0.05, 0.1) is 5.39 Å². The lowest BCUT2D eigenvalue weighted by molar-refractivity contribution is 0.427. The van der Waals surface area contributed by atoms with Crippen molar-refractivity contribution in [2.45, 2.75) is 13.3 Å². The maximum absolute atomic E-state index is 5.91. The summed E-state index contributed by atoms with van der Waals surface area (Å²) in [5.74, 6) is 0.386. The molecular formula is C11H10ClN5OS. The molecule has 0 aliphatic carbocycles. The van der Waals surface area contributed by atoms with E-state index in [4.69, 9.17) is 16.3 Å². The molecule has 0 aliphatic heterocycles. The fraction of sp³-hybridized carbons (Fsp3) is 0.273. The third-order valence-corrected chi connectivity index (χ3v) is 3.84. The van der Waals surface area contributed by atoms with Crippen molar-refractivity contribution >= 4 is 33.2 Å². The Morgan fingerprint density at radius 2 is 2.26 bits per heavy atom. The highest BCUT2D eigenvalue weighted by molar-refractivity contribution is 7.18. The summed E-state index contributed by atoms with van der Waals surface area (Å²) in [7, 11) is 1.77. The normalized spacial score (nSPS) is 11.1. The van der Waals surface area contributed by atoms with E-state index in [-0.39, 0.29) is 11.3 Å². The van der Waals surface area contributed by atoms with Crippen LogP contribution in [0.25, 0.3) is 10.2 Å². The van der Waals surface area contributed by atoms with E-state index >= 15 is 0 Å². The highest BCUT2D eigenvalue weighted by Gasteiger charge is 2.14. The predicted molar refractivity (Wildman–Crippen MR) is 72.9 cm³/mol. The van der Waals surface area contributed by atoms with Crippen LogP contribution in [-0.2, 0) is 13.5 Å². The minimum Gasteiger partial charge on any atom is -0.403 e. The smallest absolute Gasteiger partial charge is 0.342 e. The first-order valence-electron chi connectivity index (χ1n) is 5.65. The van der Waals surface area contributed by atoms with Crippen molar-refractivity contribution in [2.24, 2.45) is 7.05 Å². The lowest BCUT2D eigenvalue weighted by atomic mass is 10.3. The van der Waals surface area contributed by atoms with E-state index in [9.17, 15) is 0 Å². The number of fused-ring (bicyclic) bond motifs is 1. The maximum Gasteiger partial charge on any atom is 0.342 e. The van der Waals surface area contributed by atoms with Gasteiger partial charge in [0.25, 0.3) is 0 Å². The van der Waals surface area contributed by atoms with Crippen LogP contribution >= 0.6 is 22.9 Å². The van der Waals surface area contributed by atoms with Gasteiger partial charge in [-0.05, 0) is 24.1 Å². The number of halogens is 1. The van der Waals surface area contributed by atoms with Crippen molar-refractivity contribution in [3.63, 3.8) is 0 Å². The molecule has 0 bridgehead atoms. The molecule has 0 atom stereocenters. The Labute approximate surface area is 118 Å². The third-order valence-electron chi connectivity index (χ3n) is 2.50. The van der Waals surface area contributed by atoms with E-state index < -0.39 is 0 Å². The molecule has 0 saturated heterocycles. The Morgan fingerprint density at radius 1 is 1.42 bits per heavy atom. The highest BCUT2D eigenvalue weighted by Crippen LogP contribution is 2.33. The van der Waals surface area contributed by atoms with Gasteiger partial charge in [-0.2, -0.15) is 9.97 Å². The van der Waals surface area contributed by atoms with E-state index in [1.165, 1.54) is 4.88 Å². The highest BCUT2D eigenvalue weighted by atomic mass is 35.5. The molecule has 8 heteroatoms. The molecule has 0 spiro atoms. The van der Waals surface area contributed by atoms with Crippen molar-refractivity contribution in [3.8, 4) is 11.9 Å². The average molecular weight is 296 g/mol. The molecule has 0 saturated carbocycles. The van der Waals surface area contributed by atoms with Gasteiger partial charge in [-0.25, -0.2) is 4.98 Å². The molecule has 0 aromatic carbocycles. The lowest BCUT2D eigenvalue weighted by Crippen LogP contribution is -1.94. The molecule has 6 nitrogen and oxygen atoms in total. The minimum absolute atomic E-state index is 0.155. The Morgan fingerprint density at radius 3 is 2.95 bits per heavy atom. The van der Waals surface area contributed by atoms with Gasteiger partial charge >= 0.3 is 6.01 Å². The number of aryl methyl sites for hydroxylation is 2. The van der Waals surface area contributed by atoms with Crippen LogP contribution in [0.3, 0.4) is 0 Å². The summed E-state index contributed by atoms with van der Waals surface area (Å²) in [6.07, 6.45) is 2.49. The Kier molecular flexibility index (Phi) is 3.08. The molecular weight excluding hydrogens is 286 g/mol. The summed E-state index contributed by atoms with van der Waals surface area (Å²) in [5, 5.41) is 5.04. The monoisotopic (exact) mass is 295 g/mol. The first-order chi connectivity index (χ1) is 9.15. The first kappa shape index (κ1) is 12.3. The molecule has 3 rings (SSSR count). The summed E-state index contributed by atoms with van der Waals surface area (Å²) in [6, 6.07) is 2.25. The van der Waals surface area contributed by atoms with Crippen LogP contribution in [0.1, 0.15) is 11.8 Å². The zero-order chi connectivity index (χ0) is 13.4. The fourth-order valence-corrected chi connectivity index (χ4v) is 2.79. The summed E-state index contributed by atoms with van der Waals surface area (Å²) in [5.41, 5.74) is 0. The van der Waals surface area contributed by atoms with Gasteiger partial charge in [-0.1, -0.05) is 6.92 Å².